The van der Waals surface area contributed by atoms with E-state index in [1.54, 1.807) is 18.2 Å². The number of hydrogen-bond acceptors (Lipinski definition) is 8. The van der Waals surface area contributed by atoms with E-state index in [0.717, 1.165) is 25.9 Å². The van der Waals surface area contributed by atoms with Gasteiger partial charge in [-0.2, -0.15) is 15.0 Å². The molecule has 10 heteroatoms. The Morgan fingerprint density at radius 1 is 1.09 bits per heavy atom. The van der Waals surface area contributed by atoms with Gasteiger partial charge in [0.1, 0.15) is 0 Å². The zero-order valence-corrected chi connectivity index (χ0v) is 18.5. The van der Waals surface area contributed by atoms with Gasteiger partial charge >= 0.3 is 0 Å². The van der Waals surface area contributed by atoms with E-state index in [9.17, 15) is 9.59 Å². The second-order valence-electron chi connectivity index (χ2n) is 8.08. The average Bonchev–Trinajstić information content (AvgIpc) is 2.83. The Morgan fingerprint density at radius 2 is 1.88 bits per heavy atom. The molecule has 1 fully saturated rings. The van der Waals surface area contributed by atoms with E-state index >= 15 is 0 Å². The number of anilines is 2. The van der Waals surface area contributed by atoms with Crippen molar-refractivity contribution in [3.8, 4) is 0 Å². The first-order valence-electron chi connectivity index (χ1n) is 10.9. The Labute approximate surface area is 186 Å². The molecule has 1 aliphatic rings. The highest BCUT2D eigenvalue weighted by Gasteiger charge is 2.17. The first-order chi connectivity index (χ1) is 15.5. The fourth-order valence-corrected chi connectivity index (χ4v) is 3.66. The van der Waals surface area contributed by atoms with Crippen LogP contribution in [0, 0.1) is 0 Å². The van der Waals surface area contributed by atoms with Crippen molar-refractivity contribution in [2.75, 3.05) is 37.0 Å². The summed E-state index contributed by atoms with van der Waals surface area (Å²) in [6.45, 7) is 2.31. The molecule has 0 aliphatic carbocycles. The largest absolute Gasteiger partial charge is 0.349 e. The molecule has 0 saturated carbocycles. The predicted molar refractivity (Wildman–Crippen MR) is 123 cm³/mol. The topological polar surface area (TPSA) is 109 Å². The number of fused-ring (bicyclic) bond motifs is 1. The number of carbonyl (C=O) groups excluding carboxylic acids is 1. The van der Waals surface area contributed by atoms with Gasteiger partial charge in [0.25, 0.3) is 5.56 Å². The van der Waals surface area contributed by atoms with Crippen LogP contribution in [0.4, 0.5) is 11.9 Å². The summed E-state index contributed by atoms with van der Waals surface area (Å²) in [6.07, 6.45) is 5.11. The molecule has 2 aromatic heterocycles. The summed E-state index contributed by atoms with van der Waals surface area (Å²) in [7, 11) is 3.76. The molecule has 0 radical (unpaired) electrons. The molecule has 0 atom stereocenters. The summed E-state index contributed by atoms with van der Waals surface area (Å²) >= 11 is 0. The minimum Gasteiger partial charge on any atom is -0.349 e. The third-order valence-electron chi connectivity index (χ3n) is 5.45. The lowest BCUT2D eigenvalue weighted by atomic mass is 10.1. The standard InChI is InChI=1S/C22H28N8O2/c1-28(2)21-25-18(26-22(27-21)29-11-6-3-7-12-29)14-23-19(31)10-13-30-15-24-17-9-5-4-8-16(17)20(30)32/h4-5,8-9,15H,3,6-7,10-14H2,1-2H3,(H,23,31). The molecule has 1 saturated heterocycles. The summed E-state index contributed by atoms with van der Waals surface area (Å²) in [5.41, 5.74) is 0.497. The number of aromatic nitrogens is 5. The van der Waals surface area contributed by atoms with Crippen molar-refractivity contribution in [3.63, 3.8) is 0 Å². The van der Waals surface area contributed by atoms with Gasteiger partial charge in [0.05, 0.1) is 23.8 Å². The fraction of sp³-hybridized carbons (Fsp3) is 0.455. The maximum atomic E-state index is 12.6. The van der Waals surface area contributed by atoms with Gasteiger partial charge in [0.2, 0.25) is 17.8 Å². The second kappa shape index (κ2) is 9.71. The molecule has 32 heavy (non-hydrogen) atoms. The zero-order chi connectivity index (χ0) is 22.5. The Hall–Kier alpha value is -3.56. The summed E-state index contributed by atoms with van der Waals surface area (Å²) in [4.78, 5) is 46.9. The van der Waals surface area contributed by atoms with Gasteiger partial charge in [0, 0.05) is 40.2 Å². The quantitative estimate of drug-likeness (QED) is 0.591. The van der Waals surface area contributed by atoms with E-state index in [0.29, 0.717) is 28.6 Å². The molecule has 0 spiro atoms. The summed E-state index contributed by atoms with van der Waals surface area (Å²) < 4.78 is 1.46. The molecule has 0 unspecified atom stereocenters. The number of benzene rings is 1. The minimum atomic E-state index is -0.184. The lowest BCUT2D eigenvalue weighted by Crippen LogP contribution is -2.33. The van der Waals surface area contributed by atoms with Crippen molar-refractivity contribution < 1.29 is 4.79 Å². The zero-order valence-electron chi connectivity index (χ0n) is 18.5. The van der Waals surface area contributed by atoms with E-state index in [1.165, 1.54) is 17.3 Å². The number of aryl methyl sites for hydroxylation is 1. The normalized spacial score (nSPS) is 13.9. The lowest BCUT2D eigenvalue weighted by Gasteiger charge is -2.27. The number of carbonyl (C=O) groups is 1. The third-order valence-corrected chi connectivity index (χ3v) is 5.45. The van der Waals surface area contributed by atoms with Gasteiger partial charge in [-0.05, 0) is 31.4 Å². The molecule has 1 amide bonds. The van der Waals surface area contributed by atoms with E-state index in [4.69, 9.17) is 0 Å². The number of amides is 1. The summed E-state index contributed by atoms with van der Waals surface area (Å²) in [6, 6.07) is 7.18. The van der Waals surface area contributed by atoms with Crippen LogP contribution in [0.1, 0.15) is 31.5 Å². The number of rotatable bonds is 7. The molecular weight excluding hydrogens is 408 g/mol. The van der Waals surface area contributed by atoms with Crippen molar-refractivity contribution in [2.45, 2.75) is 38.8 Å². The van der Waals surface area contributed by atoms with E-state index in [-0.39, 0.29) is 31.0 Å². The Kier molecular flexibility index (Phi) is 6.58. The van der Waals surface area contributed by atoms with E-state index in [2.05, 4.69) is 30.2 Å². The van der Waals surface area contributed by atoms with Crippen molar-refractivity contribution in [1.82, 2.24) is 29.8 Å². The minimum absolute atomic E-state index is 0.150. The van der Waals surface area contributed by atoms with Crippen LogP contribution in [0.3, 0.4) is 0 Å². The van der Waals surface area contributed by atoms with Crippen LogP contribution >= 0.6 is 0 Å². The van der Waals surface area contributed by atoms with Crippen LogP contribution in [-0.4, -0.2) is 57.6 Å². The van der Waals surface area contributed by atoms with Gasteiger partial charge < -0.3 is 15.1 Å². The van der Waals surface area contributed by atoms with Crippen LogP contribution in [0.25, 0.3) is 10.9 Å². The molecule has 0 bridgehead atoms. The maximum Gasteiger partial charge on any atom is 0.261 e. The molecule has 4 rings (SSSR count). The average molecular weight is 437 g/mol. The number of piperidine rings is 1. The van der Waals surface area contributed by atoms with Crippen molar-refractivity contribution in [1.29, 1.82) is 0 Å². The molecule has 3 aromatic rings. The molecule has 1 aliphatic heterocycles. The van der Waals surface area contributed by atoms with Gasteiger partial charge in [-0.1, -0.05) is 12.1 Å². The first kappa shape index (κ1) is 21.7. The Morgan fingerprint density at radius 3 is 2.66 bits per heavy atom. The molecule has 168 valence electrons. The maximum absolute atomic E-state index is 12.6. The predicted octanol–water partition coefficient (Wildman–Crippen LogP) is 1.34. The van der Waals surface area contributed by atoms with Crippen LogP contribution in [-0.2, 0) is 17.9 Å². The highest BCUT2D eigenvalue weighted by Crippen LogP contribution is 2.18. The monoisotopic (exact) mass is 436 g/mol. The number of nitrogens with one attached hydrogen (secondary N) is 1. The molecule has 3 heterocycles. The van der Waals surface area contributed by atoms with Gasteiger partial charge in [0.15, 0.2) is 5.82 Å². The summed E-state index contributed by atoms with van der Waals surface area (Å²) in [5.74, 6) is 1.55. The van der Waals surface area contributed by atoms with Crippen molar-refractivity contribution >= 4 is 28.7 Å². The Bertz CT molecular complexity index is 1150. The van der Waals surface area contributed by atoms with Gasteiger partial charge in [-0.25, -0.2) is 4.98 Å². The number of nitrogens with zero attached hydrogens (tertiary/aromatic N) is 7. The molecular formula is C22H28N8O2. The van der Waals surface area contributed by atoms with Crippen LogP contribution in [0.5, 0.6) is 0 Å². The number of hydrogen-bond donors (Lipinski definition) is 1. The van der Waals surface area contributed by atoms with Crippen LogP contribution in [0.15, 0.2) is 35.4 Å². The van der Waals surface area contributed by atoms with E-state index in [1.807, 2.05) is 25.1 Å². The summed E-state index contributed by atoms with van der Waals surface area (Å²) in [5, 5.41) is 3.40. The first-order valence-corrected chi connectivity index (χ1v) is 10.9. The van der Waals surface area contributed by atoms with Crippen molar-refractivity contribution in [2.24, 2.45) is 0 Å². The lowest BCUT2D eigenvalue weighted by molar-refractivity contribution is -0.121. The molecule has 10 nitrogen and oxygen atoms in total. The van der Waals surface area contributed by atoms with Crippen molar-refractivity contribution in [3.05, 3.63) is 46.8 Å². The highest BCUT2D eigenvalue weighted by molar-refractivity contribution is 5.77. The molecule has 1 aromatic carbocycles. The molecule has 1 N–H and O–H groups in total. The third kappa shape index (κ3) is 5.01. The van der Waals surface area contributed by atoms with Crippen LogP contribution in [0.2, 0.25) is 0 Å². The fourth-order valence-electron chi connectivity index (χ4n) is 3.66. The smallest absolute Gasteiger partial charge is 0.261 e. The highest BCUT2D eigenvalue weighted by atomic mass is 16.1. The van der Waals surface area contributed by atoms with Crippen LogP contribution < -0.4 is 20.7 Å². The van der Waals surface area contributed by atoms with Gasteiger partial charge in [-0.15, -0.1) is 0 Å². The Balaban J connectivity index is 1.39. The van der Waals surface area contributed by atoms with Gasteiger partial charge in [-0.3, -0.25) is 14.2 Å². The second-order valence-corrected chi connectivity index (χ2v) is 8.08. The SMILES string of the molecule is CN(C)c1nc(CNC(=O)CCn2cnc3ccccc3c2=O)nc(N2CCCCC2)n1. The number of para-hydroxylation sites is 1. The van der Waals surface area contributed by atoms with E-state index < -0.39 is 0 Å².